The molecule has 1 atom stereocenters. The van der Waals surface area contributed by atoms with Gasteiger partial charge in [-0.05, 0) is 53.7 Å². The van der Waals surface area contributed by atoms with Crippen LogP contribution in [0.5, 0.6) is 0 Å². The first-order valence-electron chi connectivity index (χ1n) is 5.75. The number of carbonyl (C=O) groups is 1. The third-order valence-electron chi connectivity index (χ3n) is 3.32. The molecule has 0 bridgehead atoms. The van der Waals surface area contributed by atoms with Gasteiger partial charge in [-0.15, -0.1) is 0 Å². The quantitative estimate of drug-likeness (QED) is 0.896. The number of nitrogens with one attached hydrogen (secondary N) is 1. The van der Waals surface area contributed by atoms with Crippen molar-refractivity contribution in [1.82, 2.24) is 5.32 Å². The van der Waals surface area contributed by atoms with Crippen LogP contribution in [0.4, 0.5) is 0 Å². The number of benzene rings is 1. The molecule has 1 amide bonds. The third-order valence-corrected chi connectivity index (χ3v) is 4.02. The van der Waals surface area contributed by atoms with Crippen molar-refractivity contribution in [2.75, 3.05) is 6.61 Å². The van der Waals surface area contributed by atoms with Crippen LogP contribution in [0.3, 0.4) is 0 Å². The minimum Gasteiger partial charge on any atom is -0.394 e. The first-order chi connectivity index (χ1) is 8.07. The van der Waals surface area contributed by atoms with Gasteiger partial charge >= 0.3 is 0 Å². The summed E-state index contributed by atoms with van der Waals surface area (Å²) in [6, 6.07) is 7.30. The Morgan fingerprint density at radius 2 is 2.18 bits per heavy atom. The van der Waals surface area contributed by atoms with Crippen LogP contribution in [0.1, 0.15) is 30.1 Å². The van der Waals surface area contributed by atoms with Gasteiger partial charge in [0.15, 0.2) is 0 Å². The molecule has 0 aromatic heterocycles. The van der Waals surface area contributed by atoms with Gasteiger partial charge in [0.2, 0.25) is 0 Å². The highest BCUT2D eigenvalue weighted by Crippen LogP contribution is 2.39. The Kier molecular flexibility index (Phi) is 3.54. The lowest BCUT2D eigenvalue weighted by Crippen LogP contribution is -2.50. The molecule has 2 N–H and O–H groups in total. The molecule has 1 aromatic rings. The van der Waals surface area contributed by atoms with Gasteiger partial charge in [0.05, 0.1) is 17.7 Å². The van der Waals surface area contributed by atoms with Gasteiger partial charge in [0, 0.05) is 4.47 Å². The van der Waals surface area contributed by atoms with Crippen LogP contribution < -0.4 is 5.32 Å². The minimum absolute atomic E-state index is 0.0200. The summed E-state index contributed by atoms with van der Waals surface area (Å²) in [5.41, 5.74) is 0.111. The lowest BCUT2D eigenvalue weighted by Gasteiger charge is -2.29. The predicted molar refractivity (Wildman–Crippen MR) is 69.8 cm³/mol. The van der Waals surface area contributed by atoms with Gasteiger partial charge < -0.3 is 10.4 Å². The van der Waals surface area contributed by atoms with E-state index in [1.807, 2.05) is 25.1 Å². The van der Waals surface area contributed by atoms with Crippen LogP contribution in [-0.2, 0) is 0 Å². The van der Waals surface area contributed by atoms with E-state index in [-0.39, 0.29) is 12.5 Å². The molecular weight excluding hydrogens is 282 g/mol. The van der Waals surface area contributed by atoms with Gasteiger partial charge in [-0.2, -0.15) is 0 Å². The van der Waals surface area contributed by atoms with Crippen LogP contribution in [0.15, 0.2) is 28.7 Å². The average Bonchev–Trinajstić information content (AvgIpc) is 3.13. The summed E-state index contributed by atoms with van der Waals surface area (Å²) in [5.74, 6) is 0.264. The standard InChI is InChI=1S/C13H16BrNO2/c1-13(8-16,9-6-7-9)15-12(17)10-4-2-3-5-11(10)14/h2-5,9,16H,6-8H2,1H3,(H,15,17). The first-order valence-corrected chi connectivity index (χ1v) is 6.54. The highest BCUT2D eigenvalue weighted by Gasteiger charge is 2.42. The topological polar surface area (TPSA) is 49.3 Å². The molecular formula is C13H16BrNO2. The van der Waals surface area contributed by atoms with Crippen LogP contribution in [0.2, 0.25) is 0 Å². The zero-order valence-corrected chi connectivity index (χ0v) is 11.3. The van der Waals surface area contributed by atoms with E-state index < -0.39 is 5.54 Å². The fourth-order valence-corrected chi connectivity index (χ4v) is 2.43. The number of hydrogen-bond donors (Lipinski definition) is 2. The molecule has 0 aliphatic heterocycles. The zero-order valence-electron chi connectivity index (χ0n) is 9.74. The molecule has 0 radical (unpaired) electrons. The van der Waals surface area contributed by atoms with E-state index in [2.05, 4.69) is 21.2 Å². The van der Waals surface area contributed by atoms with E-state index in [0.717, 1.165) is 17.3 Å². The van der Waals surface area contributed by atoms with E-state index in [9.17, 15) is 9.90 Å². The van der Waals surface area contributed by atoms with Gasteiger partial charge in [0.25, 0.3) is 5.91 Å². The number of hydrogen-bond acceptors (Lipinski definition) is 2. The van der Waals surface area contributed by atoms with Crippen molar-refractivity contribution in [3.8, 4) is 0 Å². The van der Waals surface area contributed by atoms with Gasteiger partial charge in [0.1, 0.15) is 0 Å². The molecule has 3 nitrogen and oxygen atoms in total. The van der Waals surface area contributed by atoms with E-state index in [0.29, 0.717) is 11.5 Å². The summed E-state index contributed by atoms with van der Waals surface area (Å²) in [6.45, 7) is 1.88. The summed E-state index contributed by atoms with van der Waals surface area (Å²) in [4.78, 5) is 12.1. The molecule has 0 heterocycles. The monoisotopic (exact) mass is 297 g/mol. The zero-order chi connectivity index (χ0) is 12.5. The Labute approximate surface area is 109 Å². The molecule has 1 aromatic carbocycles. The average molecular weight is 298 g/mol. The smallest absolute Gasteiger partial charge is 0.252 e. The second-order valence-electron chi connectivity index (χ2n) is 4.78. The lowest BCUT2D eigenvalue weighted by molar-refractivity contribution is 0.0824. The molecule has 1 aliphatic rings. The van der Waals surface area contributed by atoms with E-state index in [4.69, 9.17) is 0 Å². The maximum absolute atomic E-state index is 12.1. The van der Waals surface area contributed by atoms with E-state index in [1.54, 1.807) is 6.07 Å². The van der Waals surface area contributed by atoms with Crippen molar-refractivity contribution in [2.45, 2.75) is 25.3 Å². The van der Waals surface area contributed by atoms with Crippen molar-refractivity contribution < 1.29 is 9.90 Å². The fraction of sp³-hybridized carbons (Fsp3) is 0.462. The maximum Gasteiger partial charge on any atom is 0.252 e. The summed E-state index contributed by atoms with van der Waals surface area (Å²) in [6.07, 6.45) is 2.15. The normalized spacial score (nSPS) is 18.5. The molecule has 92 valence electrons. The summed E-state index contributed by atoms with van der Waals surface area (Å²) >= 11 is 3.36. The Balaban J connectivity index is 2.13. The predicted octanol–water partition coefficient (Wildman–Crippen LogP) is 2.34. The van der Waals surface area contributed by atoms with Crippen molar-refractivity contribution in [3.63, 3.8) is 0 Å². The molecule has 1 saturated carbocycles. The summed E-state index contributed by atoms with van der Waals surface area (Å²) in [7, 11) is 0. The second-order valence-corrected chi connectivity index (χ2v) is 5.64. The Morgan fingerprint density at radius 1 is 1.53 bits per heavy atom. The Bertz CT molecular complexity index is 431. The second kappa shape index (κ2) is 4.78. The molecule has 4 heteroatoms. The highest BCUT2D eigenvalue weighted by atomic mass is 79.9. The van der Waals surface area contributed by atoms with E-state index in [1.165, 1.54) is 0 Å². The van der Waals surface area contributed by atoms with Crippen molar-refractivity contribution >= 4 is 21.8 Å². The highest BCUT2D eigenvalue weighted by molar-refractivity contribution is 9.10. The number of amides is 1. The molecule has 17 heavy (non-hydrogen) atoms. The van der Waals surface area contributed by atoms with Gasteiger partial charge in [-0.25, -0.2) is 0 Å². The minimum atomic E-state index is -0.494. The largest absolute Gasteiger partial charge is 0.394 e. The third kappa shape index (κ3) is 2.69. The number of carbonyl (C=O) groups excluding carboxylic acids is 1. The molecule has 1 aliphatic carbocycles. The van der Waals surface area contributed by atoms with E-state index >= 15 is 0 Å². The Morgan fingerprint density at radius 3 is 2.71 bits per heavy atom. The first kappa shape index (κ1) is 12.6. The van der Waals surface area contributed by atoms with Crippen molar-refractivity contribution in [2.24, 2.45) is 5.92 Å². The van der Waals surface area contributed by atoms with Crippen LogP contribution in [0.25, 0.3) is 0 Å². The Hall–Kier alpha value is -0.870. The lowest BCUT2D eigenvalue weighted by atomic mass is 9.96. The van der Waals surface area contributed by atoms with Crippen LogP contribution in [-0.4, -0.2) is 23.2 Å². The van der Waals surface area contributed by atoms with Crippen LogP contribution >= 0.6 is 15.9 Å². The van der Waals surface area contributed by atoms with Crippen molar-refractivity contribution in [1.29, 1.82) is 0 Å². The SMILES string of the molecule is CC(CO)(NC(=O)c1ccccc1Br)C1CC1. The molecule has 0 spiro atoms. The number of halogens is 1. The summed E-state index contributed by atoms with van der Waals surface area (Å²) in [5, 5.41) is 12.4. The number of aliphatic hydroxyl groups is 1. The molecule has 1 unspecified atom stereocenters. The molecule has 2 rings (SSSR count). The fourth-order valence-electron chi connectivity index (χ4n) is 1.96. The number of aliphatic hydroxyl groups excluding tert-OH is 1. The van der Waals surface area contributed by atoms with Gasteiger partial charge in [-0.1, -0.05) is 12.1 Å². The van der Waals surface area contributed by atoms with Gasteiger partial charge in [-0.3, -0.25) is 4.79 Å². The summed E-state index contributed by atoms with van der Waals surface area (Å²) < 4.78 is 0.772. The molecule has 1 fully saturated rings. The molecule has 0 saturated heterocycles. The maximum atomic E-state index is 12.1. The number of rotatable bonds is 4. The van der Waals surface area contributed by atoms with Crippen molar-refractivity contribution in [3.05, 3.63) is 34.3 Å². The van der Waals surface area contributed by atoms with Crippen LogP contribution in [0, 0.1) is 5.92 Å².